The van der Waals surface area contributed by atoms with Crippen LogP contribution in [0.25, 0.3) is 0 Å². The van der Waals surface area contributed by atoms with Gasteiger partial charge < -0.3 is 0 Å². The van der Waals surface area contributed by atoms with Gasteiger partial charge in [-0.05, 0) is 0 Å². The van der Waals surface area contributed by atoms with E-state index in [4.69, 9.17) is 0 Å². The van der Waals surface area contributed by atoms with Crippen molar-refractivity contribution in [2.75, 3.05) is 12.3 Å². The van der Waals surface area contributed by atoms with Crippen LogP contribution in [-0.4, -0.2) is 12.3 Å². The molecule has 0 aromatic rings. The number of allylic oxidation sites excluding steroid dienone is 4. The second kappa shape index (κ2) is 3.38. The van der Waals surface area contributed by atoms with E-state index in [9.17, 15) is 0 Å². The number of rotatable bonds is 8. The Morgan fingerprint density at radius 3 is 1.64 bits per heavy atom. The van der Waals surface area contributed by atoms with Gasteiger partial charge in [0.2, 0.25) is 0 Å². The molecule has 1 aliphatic rings. The molecule has 133 valence electrons. The van der Waals surface area contributed by atoms with E-state index in [1.54, 1.807) is 3.33 Å². The Hall–Kier alpha value is 0.780. The van der Waals surface area contributed by atoms with Crippen molar-refractivity contribution in [2.24, 2.45) is 0 Å². The third-order valence-electron chi connectivity index (χ3n) is 7.10. The molecule has 0 atom stereocenters. The second-order valence-electron chi connectivity index (χ2n) is 17.9. The van der Waals surface area contributed by atoms with E-state index >= 15 is 0 Å². The van der Waals surface area contributed by atoms with Crippen molar-refractivity contribution in [3.63, 3.8) is 0 Å². The first-order chi connectivity index (χ1) is 9.27. The summed E-state index contributed by atoms with van der Waals surface area (Å²) in [6.07, 6.45) is 16.6. The van der Waals surface area contributed by atoms with Gasteiger partial charge in [-0.3, -0.25) is 0 Å². The van der Waals surface area contributed by atoms with E-state index in [0.717, 1.165) is 6.42 Å². The van der Waals surface area contributed by atoms with Crippen molar-refractivity contribution in [1.82, 2.24) is 0 Å². The molecule has 2 heteroatoms. The number of unbranched alkanes of at least 4 members (excludes halogenated alkanes) is 2. The summed E-state index contributed by atoms with van der Waals surface area (Å²) in [5.74, 6) is 0. The standard InChI is InChI=1S/C8H18P.C5H5.7CH3.Hf/c1-3-5-7-9-8-6-4-2;1-2-4-5-3-1;;;;;;;;/h3-8H2,1-2H3;1-3H,4H2;7*1H3;/q-1;;;;;;;;;+1. The average Bonchev–Trinajstić information content (AvgIpc) is 2.81. The first-order valence-electron chi connectivity index (χ1n) is 9.74. The van der Waals surface area contributed by atoms with Crippen LogP contribution in [0.2, 0.25) is 32.8 Å². The van der Waals surface area contributed by atoms with Gasteiger partial charge in [0.1, 0.15) is 0 Å². The fourth-order valence-electron chi connectivity index (χ4n) is 4.52. The molecule has 0 nitrogen and oxygen atoms in total. The second-order valence-corrected chi connectivity index (χ2v) is 157. The zero-order chi connectivity index (χ0) is 17.6. The molecule has 0 fully saturated rings. The van der Waals surface area contributed by atoms with E-state index in [1.807, 2.05) is 0 Å². The van der Waals surface area contributed by atoms with Crippen molar-refractivity contribution in [3.8, 4) is 0 Å². The fourth-order valence-corrected chi connectivity index (χ4v) is 65.9. The predicted molar refractivity (Wildman–Crippen MR) is 109 cm³/mol. The summed E-state index contributed by atoms with van der Waals surface area (Å²) >= 11 is -4.92. The van der Waals surface area contributed by atoms with E-state index < -0.39 is 12.0 Å². The van der Waals surface area contributed by atoms with Crippen molar-refractivity contribution < 1.29 is 12.0 Å². The van der Waals surface area contributed by atoms with Crippen molar-refractivity contribution in [3.05, 3.63) is 21.6 Å². The van der Waals surface area contributed by atoms with E-state index in [-0.39, 0.29) is 5.27 Å². The van der Waals surface area contributed by atoms with Crippen molar-refractivity contribution in [2.45, 2.75) is 78.7 Å². The van der Waals surface area contributed by atoms with Gasteiger partial charge in [0.15, 0.2) is 0 Å². The number of hydrogen-bond acceptors (Lipinski definition) is 0. The molecule has 0 heterocycles. The molecule has 0 radical (unpaired) electrons. The Labute approximate surface area is 129 Å². The summed E-state index contributed by atoms with van der Waals surface area (Å²) < 4.78 is 21.1. The van der Waals surface area contributed by atoms with Gasteiger partial charge in [-0.25, -0.2) is 0 Å². The summed E-state index contributed by atoms with van der Waals surface area (Å²) in [5.41, 5.74) is 0. The molecule has 0 aliphatic heterocycles. The van der Waals surface area contributed by atoms with Crippen LogP contribution in [0.4, 0.5) is 0 Å². The van der Waals surface area contributed by atoms with Crippen molar-refractivity contribution >= 4 is 5.27 Å². The summed E-state index contributed by atoms with van der Waals surface area (Å²) in [7, 11) is 0. The van der Waals surface area contributed by atoms with Crippen LogP contribution >= 0.6 is 5.27 Å². The first-order valence-corrected chi connectivity index (χ1v) is 43.2. The molecular formula is C20H44HfP. The van der Waals surface area contributed by atoms with Crippen LogP contribution in [0, 0.1) is 0 Å². The van der Waals surface area contributed by atoms with Gasteiger partial charge in [-0.2, -0.15) is 0 Å². The maximum absolute atomic E-state index is 4.92. The van der Waals surface area contributed by atoms with Gasteiger partial charge in [-0.1, -0.05) is 0 Å². The third-order valence-corrected chi connectivity index (χ3v) is 90.4. The predicted octanol–water partition coefficient (Wildman–Crippen LogP) is 9.00. The summed E-state index contributed by atoms with van der Waals surface area (Å²) in [6.45, 7) is 4.69. The van der Waals surface area contributed by atoms with E-state index in [1.165, 1.54) is 38.0 Å². The molecule has 0 amide bonds. The minimum atomic E-state index is -4.92. The third kappa shape index (κ3) is 3.56. The fraction of sp³-hybridized carbons (Fsp3) is 0.800. The summed E-state index contributed by atoms with van der Waals surface area (Å²) in [4.78, 5) is 0. The maximum atomic E-state index is 2.76. The van der Waals surface area contributed by atoms with Gasteiger partial charge in [0.25, 0.3) is 0 Å². The van der Waals surface area contributed by atoms with E-state index in [2.05, 4.69) is 64.8 Å². The minimum absolute atomic E-state index is 0.0770. The SMILES string of the molecule is CCCC[P](CCCC)[Hf]([CH3])([CH3])([CH3])([CH3])([CH3])([CH3])([CH3])[C]1=CC=CC1. The van der Waals surface area contributed by atoms with Crippen molar-refractivity contribution in [1.29, 1.82) is 0 Å². The molecular weight excluding hydrogens is 450 g/mol. The zero-order valence-electron chi connectivity index (χ0n) is 17.1. The van der Waals surface area contributed by atoms with Crippen LogP contribution < -0.4 is 0 Å². The number of hydrogen-bond donors (Lipinski definition) is 0. The molecule has 0 N–H and O–H groups in total. The van der Waals surface area contributed by atoms with Crippen LogP contribution in [0.5, 0.6) is 0 Å². The van der Waals surface area contributed by atoms with Crippen LogP contribution in [0.1, 0.15) is 46.0 Å². The van der Waals surface area contributed by atoms with Crippen LogP contribution in [0.3, 0.4) is 0 Å². The topological polar surface area (TPSA) is 0 Å². The van der Waals surface area contributed by atoms with Crippen LogP contribution in [0.15, 0.2) is 21.6 Å². The van der Waals surface area contributed by atoms with Gasteiger partial charge in [-0.15, -0.1) is 0 Å². The summed E-state index contributed by atoms with van der Waals surface area (Å²) in [6, 6.07) is 0. The molecule has 0 aromatic carbocycles. The Morgan fingerprint density at radius 2 is 1.32 bits per heavy atom. The Balaban J connectivity index is 3.74. The normalized spacial score (nSPS) is 25.4. The van der Waals surface area contributed by atoms with Crippen LogP contribution in [-0.2, 0) is 12.0 Å². The van der Waals surface area contributed by atoms with Gasteiger partial charge in [0.05, 0.1) is 0 Å². The summed E-state index contributed by atoms with van der Waals surface area (Å²) in [5, 5.41) is -0.0770. The average molecular weight is 494 g/mol. The van der Waals surface area contributed by atoms with Gasteiger partial charge >= 0.3 is 130 Å². The van der Waals surface area contributed by atoms with Gasteiger partial charge in [0, 0.05) is 0 Å². The first kappa shape index (κ1) is 20.8. The Morgan fingerprint density at radius 1 is 0.864 bits per heavy atom. The molecule has 0 spiro atoms. The Bertz CT molecular complexity index is 556. The molecule has 0 unspecified atom stereocenters. The Kier molecular flexibility index (Phi) is 3.20. The molecule has 1 rings (SSSR count). The molecule has 22 heavy (non-hydrogen) atoms. The molecule has 0 saturated heterocycles. The zero-order valence-corrected chi connectivity index (χ0v) is 21.6. The monoisotopic (exact) mass is 495 g/mol. The van der Waals surface area contributed by atoms with E-state index in [0.29, 0.717) is 0 Å². The molecule has 0 saturated carbocycles. The molecule has 1 aliphatic carbocycles. The quantitative estimate of drug-likeness (QED) is 0.234. The molecule has 0 bridgehead atoms. The molecule has 0 aromatic heterocycles.